The summed E-state index contributed by atoms with van der Waals surface area (Å²) in [5.74, 6) is 0.640. The molecule has 29 heavy (non-hydrogen) atoms. The van der Waals surface area contributed by atoms with E-state index in [1.807, 2.05) is 18.5 Å². The maximum Gasteiger partial charge on any atom is 0.226 e. The number of hydrogen-bond donors (Lipinski definition) is 1. The van der Waals surface area contributed by atoms with Gasteiger partial charge in [-0.2, -0.15) is 4.39 Å². The van der Waals surface area contributed by atoms with Gasteiger partial charge in [0, 0.05) is 48.1 Å². The number of H-pyrrole nitrogens is 1. The molecule has 0 spiro atoms. The molecule has 0 atom stereocenters. The summed E-state index contributed by atoms with van der Waals surface area (Å²) in [5, 5.41) is 0.764. The van der Waals surface area contributed by atoms with Gasteiger partial charge in [-0.25, -0.2) is 15.0 Å². The number of aromatic nitrogens is 5. The van der Waals surface area contributed by atoms with Crippen LogP contribution in [0.15, 0.2) is 43.0 Å². The van der Waals surface area contributed by atoms with E-state index in [4.69, 9.17) is 4.74 Å². The smallest absolute Gasteiger partial charge is 0.226 e. The number of nitrogens with one attached hydrogen (secondary N) is 1. The third-order valence-corrected chi connectivity index (χ3v) is 5.30. The lowest BCUT2D eigenvalue weighted by Gasteiger charge is -2.07. The van der Waals surface area contributed by atoms with Crippen LogP contribution in [0.3, 0.4) is 0 Å². The molecule has 5 rings (SSSR count). The van der Waals surface area contributed by atoms with Crippen LogP contribution in [0.1, 0.15) is 46.8 Å². The number of halogens is 1. The molecule has 0 bridgehead atoms. The van der Waals surface area contributed by atoms with Gasteiger partial charge in [0.2, 0.25) is 11.8 Å². The summed E-state index contributed by atoms with van der Waals surface area (Å²) in [7, 11) is 1.56. The third-order valence-electron chi connectivity index (χ3n) is 5.30. The fourth-order valence-electron chi connectivity index (χ4n) is 3.60. The van der Waals surface area contributed by atoms with Crippen molar-refractivity contribution < 1.29 is 9.13 Å². The molecule has 1 fully saturated rings. The summed E-state index contributed by atoms with van der Waals surface area (Å²) >= 11 is 0. The minimum atomic E-state index is -0.463. The maximum atomic E-state index is 14.7. The summed E-state index contributed by atoms with van der Waals surface area (Å²) in [6.07, 6.45) is 8.51. The van der Waals surface area contributed by atoms with Crippen molar-refractivity contribution in [3.05, 3.63) is 77.0 Å². The molecule has 1 N–H and O–H groups in total. The second-order valence-corrected chi connectivity index (χ2v) is 7.39. The first-order valence-electron chi connectivity index (χ1n) is 9.65. The molecule has 4 heterocycles. The zero-order valence-corrected chi connectivity index (χ0v) is 16.0. The maximum absolute atomic E-state index is 14.7. The van der Waals surface area contributed by atoms with Gasteiger partial charge in [0.25, 0.3) is 0 Å². The van der Waals surface area contributed by atoms with Gasteiger partial charge in [-0.1, -0.05) is 12.1 Å². The predicted octanol–water partition coefficient (Wildman–Crippen LogP) is 3.95. The van der Waals surface area contributed by atoms with Crippen LogP contribution in [0.5, 0.6) is 5.88 Å². The van der Waals surface area contributed by atoms with Gasteiger partial charge >= 0.3 is 0 Å². The van der Waals surface area contributed by atoms with Gasteiger partial charge in [0.15, 0.2) is 0 Å². The van der Waals surface area contributed by atoms with Gasteiger partial charge in [-0.3, -0.25) is 4.98 Å². The molecule has 146 valence electrons. The van der Waals surface area contributed by atoms with E-state index in [0.717, 1.165) is 22.2 Å². The Morgan fingerprint density at radius 1 is 1.07 bits per heavy atom. The van der Waals surface area contributed by atoms with Crippen molar-refractivity contribution in [1.29, 1.82) is 0 Å². The van der Waals surface area contributed by atoms with E-state index in [-0.39, 0.29) is 0 Å². The molecule has 0 amide bonds. The Morgan fingerprint density at radius 2 is 1.97 bits per heavy atom. The van der Waals surface area contributed by atoms with Crippen LogP contribution in [0.2, 0.25) is 0 Å². The van der Waals surface area contributed by atoms with Crippen LogP contribution in [0, 0.1) is 5.95 Å². The Morgan fingerprint density at radius 3 is 2.69 bits per heavy atom. The van der Waals surface area contributed by atoms with Gasteiger partial charge < -0.3 is 9.72 Å². The first-order valence-corrected chi connectivity index (χ1v) is 9.65. The first kappa shape index (κ1) is 17.7. The van der Waals surface area contributed by atoms with E-state index < -0.39 is 5.95 Å². The molecular formula is C22H20FN5O. The van der Waals surface area contributed by atoms with E-state index in [1.54, 1.807) is 13.2 Å². The molecular weight excluding hydrogens is 369 g/mol. The van der Waals surface area contributed by atoms with Gasteiger partial charge in [-0.15, -0.1) is 0 Å². The number of rotatable bonds is 6. The summed E-state index contributed by atoms with van der Waals surface area (Å²) < 4.78 is 20.0. The summed E-state index contributed by atoms with van der Waals surface area (Å²) in [5.41, 5.74) is 4.92. The normalized spacial score (nSPS) is 13.7. The van der Waals surface area contributed by atoms with Gasteiger partial charge in [0.05, 0.1) is 12.5 Å². The van der Waals surface area contributed by atoms with Gasteiger partial charge in [0.1, 0.15) is 12.0 Å². The molecule has 0 radical (unpaired) electrons. The molecule has 6 nitrogen and oxygen atoms in total. The number of nitrogens with zero attached hydrogens (tertiary/aromatic N) is 4. The van der Waals surface area contributed by atoms with Crippen molar-refractivity contribution in [2.24, 2.45) is 0 Å². The van der Waals surface area contributed by atoms with Gasteiger partial charge in [-0.05, 0) is 36.1 Å². The van der Waals surface area contributed by atoms with Crippen LogP contribution in [-0.2, 0) is 12.8 Å². The largest absolute Gasteiger partial charge is 0.480 e. The second kappa shape index (κ2) is 7.24. The average molecular weight is 389 g/mol. The average Bonchev–Trinajstić information content (AvgIpc) is 3.51. The molecule has 0 unspecified atom stereocenters. The molecule has 4 aromatic rings. The van der Waals surface area contributed by atoms with Crippen molar-refractivity contribution in [3.63, 3.8) is 0 Å². The Hall–Kier alpha value is -3.35. The predicted molar refractivity (Wildman–Crippen MR) is 106 cm³/mol. The fraction of sp³-hybridized carbons (Fsp3) is 0.273. The summed E-state index contributed by atoms with van der Waals surface area (Å²) in [4.78, 5) is 20.1. The quantitative estimate of drug-likeness (QED) is 0.505. The minimum Gasteiger partial charge on any atom is -0.480 e. The highest BCUT2D eigenvalue weighted by Gasteiger charge is 2.24. The first-order chi connectivity index (χ1) is 14.2. The number of hydrogen-bond acceptors (Lipinski definition) is 5. The number of aromatic amines is 1. The zero-order valence-electron chi connectivity index (χ0n) is 16.0. The van der Waals surface area contributed by atoms with Crippen molar-refractivity contribution >= 4 is 11.0 Å². The molecule has 7 heteroatoms. The zero-order chi connectivity index (χ0) is 19.8. The Balaban J connectivity index is 1.36. The number of pyridine rings is 2. The van der Waals surface area contributed by atoms with Crippen LogP contribution < -0.4 is 4.74 Å². The van der Waals surface area contributed by atoms with Crippen LogP contribution in [-0.4, -0.2) is 32.0 Å². The third kappa shape index (κ3) is 3.55. The Bertz CT molecular complexity index is 1170. The van der Waals surface area contributed by atoms with Crippen LogP contribution in [0.25, 0.3) is 11.0 Å². The van der Waals surface area contributed by atoms with E-state index >= 15 is 0 Å². The topological polar surface area (TPSA) is 76.6 Å². The van der Waals surface area contributed by atoms with Crippen molar-refractivity contribution in [1.82, 2.24) is 24.9 Å². The lowest BCUT2D eigenvalue weighted by Crippen LogP contribution is -2.01. The van der Waals surface area contributed by atoms with Crippen molar-refractivity contribution in [2.45, 2.75) is 31.6 Å². The minimum absolute atomic E-state index is 0.375. The molecule has 1 saturated carbocycles. The van der Waals surface area contributed by atoms with Crippen molar-refractivity contribution in [2.75, 3.05) is 7.11 Å². The number of ether oxygens (including phenoxy) is 1. The highest BCUT2D eigenvalue weighted by Crippen LogP contribution is 2.38. The Kier molecular flexibility index (Phi) is 4.42. The van der Waals surface area contributed by atoms with E-state index in [1.165, 1.54) is 19.2 Å². The highest BCUT2D eigenvalue weighted by atomic mass is 19.1. The number of methoxy groups -OCH3 is 1. The molecule has 0 aliphatic heterocycles. The van der Waals surface area contributed by atoms with E-state index in [2.05, 4.69) is 37.1 Å². The standard InChI is InChI=1S/C22H20FN5O/c1-29-22-19-16(11-25-21(19)26-12-27-22)9-15-5-6-17(28-20(15)23)8-13-2-7-18(24-10-13)14-3-4-14/h2,5-7,10-12,14H,3-4,8-9H2,1H3,(H,25,26,27). The van der Waals surface area contributed by atoms with E-state index in [9.17, 15) is 4.39 Å². The van der Waals surface area contributed by atoms with Crippen LogP contribution >= 0.6 is 0 Å². The number of fused-ring (bicyclic) bond motifs is 1. The summed E-state index contributed by atoms with van der Waals surface area (Å²) in [6.45, 7) is 0. The molecule has 0 aromatic carbocycles. The second-order valence-electron chi connectivity index (χ2n) is 7.39. The fourth-order valence-corrected chi connectivity index (χ4v) is 3.60. The lowest BCUT2D eigenvalue weighted by molar-refractivity contribution is 0.402. The molecule has 1 aliphatic rings. The lowest BCUT2D eigenvalue weighted by atomic mass is 10.1. The van der Waals surface area contributed by atoms with Crippen molar-refractivity contribution in [3.8, 4) is 5.88 Å². The highest BCUT2D eigenvalue weighted by molar-refractivity contribution is 5.85. The summed E-state index contributed by atoms with van der Waals surface area (Å²) in [6, 6.07) is 7.80. The van der Waals surface area contributed by atoms with E-state index in [0.29, 0.717) is 41.5 Å². The molecule has 1 aliphatic carbocycles. The molecule has 4 aromatic heterocycles. The van der Waals surface area contributed by atoms with Crippen LogP contribution in [0.4, 0.5) is 4.39 Å². The monoisotopic (exact) mass is 389 g/mol. The Labute approximate surface area is 167 Å². The molecule has 0 saturated heterocycles. The SMILES string of the molecule is COc1ncnc2[nH]cc(Cc3ccc(Cc4ccc(C5CC5)nc4)nc3F)c12.